The Morgan fingerprint density at radius 3 is 2.06 bits per heavy atom. The van der Waals surface area contributed by atoms with Crippen LogP contribution in [-0.2, 0) is 6.18 Å². The minimum Gasteiger partial charge on any atom is -0.493 e. The van der Waals surface area contributed by atoms with Crippen LogP contribution in [0.2, 0.25) is 0 Å². The summed E-state index contributed by atoms with van der Waals surface area (Å²) in [5.41, 5.74) is 0.791. The van der Waals surface area contributed by atoms with E-state index in [0.29, 0.717) is 41.5 Å². The molecule has 33 heavy (non-hydrogen) atoms. The molecule has 0 saturated carbocycles. The summed E-state index contributed by atoms with van der Waals surface area (Å²) in [7, 11) is 0. The number of ether oxygens (including phenoxy) is 2. The third kappa shape index (κ3) is 7.28. The van der Waals surface area contributed by atoms with Crippen LogP contribution in [0.25, 0.3) is 11.4 Å². The molecule has 0 aliphatic rings. The summed E-state index contributed by atoms with van der Waals surface area (Å²) >= 11 is 0. The molecule has 174 valence electrons. The molecule has 0 radical (unpaired) electrons. The van der Waals surface area contributed by atoms with E-state index in [4.69, 9.17) is 9.47 Å². The number of unbranched alkanes of at least 4 members (excludes halogenated alkanes) is 2. The Morgan fingerprint density at radius 2 is 1.48 bits per heavy atom. The zero-order chi connectivity index (χ0) is 23.7. The standard InChI is InChI=1S/C25H26F3N3O2/c1-3-5-11-32-20-13-19(14-21(16-20)33-12-6-4-2)8-7-18-9-10-29-22(15-18)23-17-24(31-30-23)25(26,27)28/h9-10,13-17H,3-6,11-12H2,1-2H3,(H,30,31). The number of hydrogen-bond donors (Lipinski definition) is 1. The maximum Gasteiger partial charge on any atom is 0.432 e. The van der Waals surface area contributed by atoms with Crippen LogP contribution in [0.4, 0.5) is 13.2 Å². The molecule has 5 nitrogen and oxygen atoms in total. The number of rotatable bonds is 9. The summed E-state index contributed by atoms with van der Waals surface area (Å²) < 4.78 is 50.2. The quantitative estimate of drug-likeness (QED) is 0.305. The second kappa shape index (κ2) is 11.4. The van der Waals surface area contributed by atoms with Crippen LogP contribution < -0.4 is 9.47 Å². The number of benzene rings is 1. The molecule has 2 heterocycles. The second-order valence-corrected chi connectivity index (χ2v) is 7.44. The number of H-pyrrole nitrogens is 1. The Hall–Kier alpha value is -3.47. The monoisotopic (exact) mass is 457 g/mol. The van der Waals surface area contributed by atoms with E-state index in [1.165, 1.54) is 6.20 Å². The molecule has 3 rings (SSSR count). The third-order valence-electron chi connectivity index (χ3n) is 4.67. The molecule has 0 unspecified atom stereocenters. The van der Waals surface area contributed by atoms with Crippen molar-refractivity contribution in [2.45, 2.75) is 45.7 Å². The molecule has 0 bridgehead atoms. The van der Waals surface area contributed by atoms with Crippen LogP contribution in [0.3, 0.4) is 0 Å². The molecule has 0 amide bonds. The van der Waals surface area contributed by atoms with Gasteiger partial charge >= 0.3 is 6.18 Å². The van der Waals surface area contributed by atoms with Crippen molar-refractivity contribution in [3.05, 3.63) is 59.4 Å². The fourth-order valence-corrected chi connectivity index (χ4v) is 2.87. The van der Waals surface area contributed by atoms with E-state index >= 15 is 0 Å². The highest BCUT2D eigenvalue weighted by molar-refractivity contribution is 5.58. The number of aromatic nitrogens is 3. The lowest BCUT2D eigenvalue weighted by Gasteiger charge is -2.10. The fraction of sp³-hybridized carbons (Fsp3) is 0.360. The Balaban J connectivity index is 1.83. The second-order valence-electron chi connectivity index (χ2n) is 7.44. The Labute approximate surface area is 191 Å². The van der Waals surface area contributed by atoms with Crippen molar-refractivity contribution >= 4 is 0 Å². The van der Waals surface area contributed by atoms with Crippen molar-refractivity contribution in [2.24, 2.45) is 0 Å². The van der Waals surface area contributed by atoms with Gasteiger partial charge in [-0.2, -0.15) is 18.3 Å². The molecule has 0 aliphatic carbocycles. The van der Waals surface area contributed by atoms with Crippen molar-refractivity contribution in [3.63, 3.8) is 0 Å². The van der Waals surface area contributed by atoms with Crippen molar-refractivity contribution in [3.8, 4) is 34.7 Å². The van der Waals surface area contributed by atoms with E-state index in [2.05, 4.69) is 35.8 Å². The molecule has 8 heteroatoms. The number of nitrogens with one attached hydrogen (secondary N) is 1. The number of nitrogens with zero attached hydrogens (tertiary/aromatic N) is 2. The highest BCUT2D eigenvalue weighted by Gasteiger charge is 2.33. The first kappa shape index (κ1) is 24.2. The van der Waals surface area contributed by atoms with Gasteiger partial charge in [0.25, 0.3) is 0 Å². The molecule has 1 N–H and O–H groups in total. The van der Waals surface area contributed by atoms with Crippen LogP contribution in [-0.4, -0.2) is 28.4 Å². The van der Waals surface area contributed by atoms with Gasteiger partial charge in [0.15, 0.2) is 0 Å². The van der Waals surface area contributed by atoms with Gasteiger partial charge in [-0.3, -0.25) is 10.1 Å². The molecule has 2 aromatic heterocycles. The summed E-state index contributed by atoms with van der Waals surface area (Å²) in [5.74, 6) is 7.50. The molecule has 0 fully saturated rings. The highest BCUT2D eigenvalue weighted by atomic mass is 19.4. The Bertz CT molecular complexity index is 1090. The van der Waals surface area contributed by atoms with Gasteiger partial charge in [0.1, 0.15) is 22.9 Å². The van der Waals surface area contributed by atoms with Gasteiger partial charge in [0, 0.05) is 23.4 Å². The van der Waals surface area contributed by atoms with E-state index in [0.717, 1.165) is 31.7 Å². The minimum absolute atomic E-state index is 0.101. The number of halogens is 3. The van der Waals surface area contributed by atoms with E-state index < -0.39 is 11.9 Å². The molecule has 1 aromatic carbocycles. The minimum atomic E-state index is -4.50. The molecule has 0 spiro atoms. The molecule has 0 atom stereocenters. The van der Waals surface area contributed by atoms with E-state index in [1.807, 2.05) is 23.3 Å². The van der Waals surface area contributed by atoms with Gasteiger partial charge < -0.3 is 9.47 Å². The predicted octanol–water partition coefficient (Wildman–Crippen LogP) is 6.25. The van der Waals surface area contributed by atoms with Crippen LogP contribution in [0.15, 0.2) is 42.6 Å². The SMILES string of the molecule is CCCCOc1cc(C#Cc2ccnc(-c3cc(C(F)(F)F)[nH]n3)c2)cc(OCCCC)c1. The first-order valence-electron chi connectivity index (χ1n) is 10.9. The average Bonchev–Trinajstić information content (AvgIpc) is 3.30. The van der Waals surface area contributed by atoms with Crippen LogP contribution in [0.5, 0.6) is 11.5 Å². The third-order valence-corrected chi connectivity index (χ3v) is 4.67. The van der Waals surface area contributed by atoms with E-state index in [9.17, 15) is 13.2 Å². The Kier molecular flexibility index (Phi) is 8.36. The summed E-state index contributed by atoms with van der Waals surface area (Å²) in [4.78, 5) is 4.11. The largest absolute Gasteiger partial charge is 0.493 e. The average molecular weight is 457 g/mol. The summed E-state index contributed by atoms with van der Waals surface area (Å²) in [5, 5.41) is 5.71. The van der Waals surface area contributed by atoms with Gasteiger partial charge in [-0.1, -0.05) is 38.5 Å². The first-order chi connectivity index (χ1) is 15.9. The van der Waals surface area contributed by atoms with E-state index in [-0.39, 0.29) is 5.69 Å². The zero-order valence-electron chi connectivity index (χ0n) is 18.6. The summed E-state index contributed by atoms with van der Waals surface area (Å²) in [6.07, 6.45) is 0.957. The molecular formula is C25H26F3N3O2. The van der Waals surface area contributed by atoms with Gasteiger partial charge in [-0.15, -0.1) is 0 Å². The summed E-state index contributed by atoms with van der Waals surface area (Å²) in [6, 6.07) is 9.77. The van der Waals surface area contributed by atoms with Gasteiger partial charge in [0.2, 0.25) is 0 Å². The highest BCUT2D eigenvalue weighted by Crippen LogP contribution is 2.30. The lowest BCUT2D eigenvalue weighted by molar-refractivity contribution is -0.141. The molecule has 0 saturated heterocycles. The smallest absolute Gasteiger partial charge is 0.432 e. The molecule has 0 aliphatic heterocycles. The maximum absolute atomic E-state index is 12.8. The van der Waals surface area contributed by atoms with E-state index in [1.54, 1.807) is 12.1 Å². The number of hydrogen-bond acceptors (Lipinski definition) is 4. The van der Waals surface area contributed by atoms with Gasteiger partial charge in [-0.05, 0) is 43.2 Å². The summed E-state index contributed by atoms with van der Waals surface area (Å²) in [6.45, 7) is 5.42. The lowest BCUT2D eigenvalue weighted by atomic mass is 10.1. The van der Waals surface area contributed by atoms with Crippen molar-refractivity contribution in [1.82, 2.24) is 15.2 Å². The zero-order valence-corrected chi connectivity index (χ0v) is 18.6. The van der Waals surface area contributed by atoms with Crippen molar-refractivity contribution in [2.75, 3.05) is 13.2 Å². The van der Waals surface area contributed by atoms with Gasteiger partial charge in [0.05, 0.1) is 18.9 Å². The predicted molar refractivity (Wildman–Crippen MR) is 120 cm³/mol. The fourth-order valence-electron chi connectivity index (χ4n) is 2.87. The van der Waals surface area contributed by atoms with Crippen LogP contribution in [0.1, 0.15) is 56.4 Å². The van der Waals surface area contributed by atoms with Crippen molar-refractivity contribution < 1.29 is 22.6 Å². The molecular weight excluding hydrogens is 431 g/mol. The molecule has 3 aromatic rings. The normalized spacial score (nSPS) is 11.1. The number of alkyl halides is 3. The number of aromatic amines is 1. The van der Waals surface area contributed by atoms with Gasteiger partial charge in [-0.25, -0.2) is 0 Å². The van der Waals surface area contributed by atoms with Crippen LogP contribution >= 0.6 is 0 Å². The Morgan fingerprint density at radius 1 is 0.848 bits per heavy atom. The topological polar surface area (TPSA) is 60.0 Å². The maximum atomic E-state index is 12.8. The van der Waals surface area contributed by atoms with Crippen molar-refractivity contribution in [1.29, 1.82) is 0 Å². The van der Waals surface area contributed by atoms with Crippen LogP contribution in [0, 0.1) is 11.8 Å². The number of pyridine rings is 1. The lowest BCUT2D eigenvalue weighted by Crippen LogP contribution is -2.04. The first-order valence-corrected chi connectivity index (χ1v) is 10.9.